The molecule has 4 aliphatic rings. The third-order valence-electron chi connectivity index (χ3n) is 26.5. The molecule has 736 valence electrons. The second-order valence-corrected chi connectivity index (χ2v) is 39.4. The van der Waals surface area contributed by atoms with Crippen LogP contribution in [0.25, 0.3) is 55.5 Å². The molecule has 16 rings (SSSR count). The van der Waals surface area contributed by atoms with Crippen molar-refractivity contribution in [1.82, 2.24) is 45.2 Å². The largest absolute Gasteiger partial charge is 0.352 e. The third-order valence-corrected chi connectivity index (χ3v) is 29.7. The Morgan fingerprint density at radius 2 is 0.603 bits per heavy atom. The molecule has 0 saturated heterocycles. The second kappa shape index (κ2) is 46.9. The van der Waals surface area contributed by atoms with Crippen molar-refractivity contribution in [2.75, 3.05) is 12.5 Å². The molecule has 37 heteroatoms. The zero-order chi connectivity index (χ0) is 102. The summed E-state index contributed by atoms with van der Waals surface area (Å²) in [5.74, 6) is -12.7. The maximum Gasteiger partial charge on any atom is 0.217 e. The number of ketones is 4. The van der Waals surface area contributed by atoms with Gasteiger partial charge in [-0.1, -0.05) is 57.1 Å². The average molecular weight is 1980 g/mol. The molecular formula is C104H102F12N16O7S2. The molecule has 1 amide bonds. The Labute approximate surface area is 810 Å². The molecule has 4 aliphatic carbocycles. The number of hydrogen-bond acceptors (Lipinski definition) is 20. The lowest BCUT2D eigenvalue weighted by atomic mass is 9.72. The molecule has 4 fully saturated rings. The number of Topliss-reactive ketones (excluding diaryl/α,β-unsaturated/α-hetero) is 4. The summed E-state index contributed by atoms with van der Waals surface area (Å²) in [6.45, 7) is 9.55. The summed E-state index contributed by atoms with van der Waals surface area (Å²) >= 11 is 0. The number of benzene rings is 4. The minimum absolute atomic E-state index is 0.0280. The SMILES string of the molecule is CC(=O)N[C@@H]1[C@H](N)C[C@H](c2ccncc2CC(=O)c2ccc(F)c(-c3c(F)cccc3F)n2)C[C@@H]1C.C[C@H]1C[C@@H](c2ccncc2CC(=O)c2ccc(F)c(-c3c(F)cccc3F)n2)C[C@@H](N)[C@@H]1[S@@](C)=O.C[C@H]1C[C@@H](c2ccncc2CC(=O)c2ccc(F)c(-c3c(F)cccc3F)n2)C[C@@H](N)[C@@H]1[S@](C)=O.C[C@H]1C[C@@H](c2ccncc2CC(=O)c2ccc(F)c(-c3c(F)cccc3F)n2)C[C@@H](N)[C@H]1N=[N+]=[N-]. The number of carbonyl (C=O) groups excluding carboxylic acids is 5. The predicted octanol–water partition coefficient (Wildman–Crippen LogP) is 19.0. The van der Waals surface area contributed by atoms with Crippen LogP contribution in [0.15, 0.2) is 200 Å². The number of halogens is 12. The first-order valence-corrected chi connectivity index (χ1v) is 48.8. The number of nitrogens with two attached hydrogens (primary N) is 4. The van der Waals surface area contributed by atoms with Crippen molar-refractivity contribution in [1.29, 1.82) is 0 Å². The minimum atomic E-state index is -1.03. The van der Waals surface area contributed by atoms with E-state index in [1.165, 1.54) is 49.4 Å². The highest BCUT2D eigenvalue weighted by Gasteiger charge is 2.42. The normalized spacial score (nSPS) is 22.5. The van der Waals surface area contributed by atoms with Crippen molar-refractivity contribution in [2.45, 2.75) is 182 Å². The summed E-state index contributed by atoms with van der Waals surface area (Å²) < 4.78 is 196. The summed E-state index contributed by atoms with van der Waals surface area (Å²) in [5.41, 5.74) is 35.5. The number of carbonyl (C=O) groups is 5. The van der Waals surface area contributed by atoms with Crippen molar-refractivity contribution in [2.24, 2.45) is 51.7 Å². The molecule has 23 nitrogen and oxygen atoms in total. The van der Waals surface area contributed by atoms with Gasteiger partial charge in [0.1, 0.15) is 115 Å². The smallest absolute Gasteiger partial charge is 0.217 e. The lowest BCUT2D eigenvalue weighted by molar-refractivity contribution is -0.120. The summed E-state index contributed by atoms with van der Waals surface area (Å²) in [6, 6.07) is 27.3. The Hall–Kier alpha value is -13.2. The summed E-state index contributed by atoms with van der Waals surface area (Å²) in [4.78, 5) is 99.5. The molecule has 9 N–H and O–H groups in total. The highest BCUT2D eigenvalue weighted by atomic mass is 32.2. The van der Waals surface area contributed by atoms with E-state index in [1.54, 1.807) is 62.1 Å². The van der Waals surface area contributed by atoms with Gasteiger partial charge in [-0.3, -0.25) is 52.3 Å². The maximum atomic E-state index is 14.4. The molecule has 0 aliphatic heterocycles. The van der Waals surface area contributed by atoms with Crippen LogP contribution in [0.1, 0.15) is 196 Å². The van der Waals surface area contributed by atoms with E-state index in [-0.39, 0.29) is 148 Å². The first-order valence-electron chi connectivity index (χ1n) is 45.5. The van der Waals surface area contributed by atoms with E-state index in [4.69, 9.17) is 28.5 Å². The average Bonchev–Trinajstić information content (AvgIpc) is 0.835. The fourth-order valence-corrected chi connectivity index (χ4v) is 22.9. The minimum Gasteiger partial charge on any atom is -0.352 e. The summed E-state index contributed by atoms with van der Waals surface area (Å²) in [5, 5.41) is 6.59. The summed E-state index contributed by atoms with van der Waals surface area (Å²) in [7, 11) is -2.06. The molecule has 12 aromatic rings. The molecule has 0 unspecified atom stereocenters. The Bertz CT molecular complexity index is 6190. The van der Waals surface area contributed by atoms with Gasteiger partial charge in [0.05, 0.1) is 38.8 Å². The van der Waals surface area contributed by atoms with Crippen molar-refractivity contribution in [3.8, 4) is 45.0 Å². The van der Waals surface area contributed by atoms with Crippen LogP contribution in [0.4, 0.5) is 52.7 Å². The molecule has 4 aromatic carbocycles. The van der Waals surface area contributed by atoms with Gasteiger partial charge in [0.2, 0.25) is 5.91 Å². The van der Waals surface area contributed by atoms with Crippen LogP contribution < -0.4 is 28.3 Å². The molecular weight excluding hydrogens is 1880 g/mol. The molecule has 0 radical (unpaired) electrons. The fraction of sp³-hybridized carbons (Fsp3) is 0.337. The molecule has 8 heterocycles. The molecule has 141 heavy (non-hydrogen) atoms. The fourth-order valence-electron chi connectivity index (χ4n) is 20.2. The van der Waals surface area contributed by atoms with E-state index in [0.29, 0.717) is 54.4 Å². The predicted molar refractivity (Wildman–Crippen MR) is 510 cm³/mol. The van der Waals surface area contributed by atoms with Crippen LogP contribution in [0.5, 0.6) is 0 Å². The van der Waals surface area contributed by atoms with Crippen LogP contribution in [0.2, 0.25) is 0 Å². The van der Waals surface area contributed by atoms with Gasteiger partial charge in [-0.2, -0.15) is 0 Å². The van der Waals surface area contributed by atoms with Gasteiger partial charge in [0.15, 0.2) is 23.1 Å². The zero-order valence-corrected chi connectivity index (χ0v) is 79.3. The number of nitrogens with one attached hydrogen (secondary N) is 1. The van der Waals surface area contributed by atoms with Crippen molar-refractivity contribution in [3.05, 3.63) is 343 Å². The van der Waals surface area contributed by atoms with Crippen LogP contribution in [0, 0.1) is 93.5 Å². The number of nitrogens with zero attached hydrogens (tertiary/aromatic N) is 11. The Balaban J connectivity index is 0.000000158. The first kappa shape index (κ1) is 105. The van der Waals surface area contributed by atoms with E-state index in [1.807, 2.05) is 52.0 Å². The standard InChI is InChI=1S/C27H27F3N4O2.2C26H26F3N3O2S.C25H23F3N6O/c1-14-10-16(11-22(31)26(14)33-15(2)35)18-8-9-32-13-17(18)12-24(36)23-7-6-21(30)27(34-23)25-19(28)4-3-5-20(25)29;2*1-14-10-15(11-21(30)26(14)35(2)34)17-8-9-31-13-16(17)12-23(33)22-7-6-20(29)25(32-22)24-18(27)4-3-5-19(24)28;1-13-9-14(10-20(29)24(13)33-34-30)16-7-8-31-12-15(16)11-22(35)21-6-5-19(28)25(32-21)23-17(26)3-2-4-18(23)27/h3-9,13-14,16,22,26H,10-12,31H2,1-2H3,(H,33,35);2*3-9,13-15,21,26H,10-12,30H2,1-2H3;2-8,12-14,20,24H,9-11,29H2,1H3/t14-,16+,22+,26-;14-,15+,21+,26+,35+;14-,15+,21+,26+,35-;13-,14+,20+,24-/m0000/s1. The van der Waals surface area contributed by atoms with Gasteiger partial charge in [-0.25, -0.2) is 72.6 Å². The van der Waals surface area contributed by atoms with E-state index >= 15 is 0 Å². The van der Waals surface area contributed by atoms with Crippen molar-refractivity contribution >= 4 is 50.6 Å². The van der Waals surface area contributed by atoms with Crippen LogP contribution in [-0.2, 0) is 52.1 Å². The number of pyridine rings is 8. The van der Waals surface area contributed by atoms with Crippen LogP contribution in [0.3, 0.4) is 0 Å². The maximum absolute atomic E-state index is 14.4. The van der Waals surface area contributed by atoms with Gasteiger partial charge in [-0.05, 0) is 270 Å². The lowest BCUT2D eigenvalue weighted by Crippen LogP contribution is -2.54. The number of aromatic nitrogens is 8. The number of hydrogen-bond donors (Lipinski definition) is 5. The topological polar surface area (TPSA) is 387 Å². The lowest BCUT2D eigenvalue weighted by Gasteiger charge is -2.39. The van der Waals surface area contributed by atoms with Gasteiger partial charge in [0.25, 0.3) is 0 Å². The zero-order valence-electron chi connectivity index (χ0n) is 77.6. The number of rotatable bonds is 24. The molecule has 0 spiro atoms. The Morgan fingerprint density at radius 1 is 0.355 bits per heavy atom. The van der Waals surface area contributed by atoms with E-state index in [0.717, 1.165) is 120 Å². The molecule has 18 atom stereocenters. The summed E-state index contributed by atoms with van der Waals surface area (Å²) in [6.07, 6.45) is 21.5. The second-order valence-electron chi connectivity index (χ2n) is 36.3. The molecule has 8 aromatic heterocycles. The highest BCUT2D eigenvalue weighted by molar-refractivity contribution is 7.85. The number of amides is 1. The van der Waals surface area contributed by atoms with Crippen molar-refractivity contribution in [3.63, 3.8) is 0 Å². The van der Waals surface area contributed by atoms with E-state index < -0.39 is 160 Å². The first-order chi connectivity index (χ1) is 67.3. The van der Waals surface area contributed by atoms with E-state index in [9.17, 15) is 85.1 Å². The van der Waals surface area contributed by atoms with E-state index in [2.05, 4.69) is 55.2 Å². The van der Waals surface area contributed by atoms with Gasteiger partial charge in [0, 0.05) is 151 Å². The van der Waals surface area contributed by atoms with Gasteiger partial charge < -0.3 is 28.3 Å². The van der Waals surface area contributed by atoms with Crippen LogP contribution >= 0.6 is 0 Å². The molecule has 0 bridgehead atoms. The highest BCUT2D eigenvalue weighted by Crippen LogP contribution is 2.45. The quantitative estimate of drug-likeness (QED) is 0.0123. The number of azide groups is 1. The Morgan fingerprint density at radius 3 is 0.837 bits per heavy atom. The third kappa shape index (κ3) is 24.9. The van der Waals surface area contributed by atoms with Gasteiger partial charge in [-0.15, -0.1) is 0 Å². The Kier molecular flexibility index (Phi) is 35.0. The van der Waals surface area contributed by atoms with Crippen molar-refractivity contribution < 1.29 is 85.1 Å². The van der Waals surface area contributed by atoms with Gasteiger partial charge >= 0.3 is 0 Å². The monoisotopic (exact) mass is 1980 g/mol. The van der Waals surface area contributed by atoms with Crippen LogP contribution in [-0.4, -0.2) is 137 Å². The molecule has 4 saturated carbocycles.